The third-order valence-corrected chi connectivity index (χ3v) is 7.90. The van der Waals surface area contributed by atoms with E-state index in [1.807, 2.05) is 19.9 Å². The number of carbonyl (C=O) groups is 1. The largest absolute Gasteiger partial charge is 0.493 e. The molecule has 1 N–H and O–H groups in total. The van der Waals surface area contributed by atoms with Crippen LogP contribution in [-0.2, 0) is 14.8 Å². The zero-order valence-corrected chi connectivity index (χ0v) is 22.6. The van der Waals surface area contributed by atoms with Gasteiger partial charge < -0.3 is 14.8 Å². The van der Waals surface area contributed by atoms with Gasteiger partial charge in [-0.2, -0.15) is 0 Å². The van der Waals surface area contributed by atoms with Crippen molar-refractivity contribution in [1.29, 1.82) is 0 Å². The molecule has 7 nitrogen and oxygen atoms in total. The lowest BCUT2D eigenvalue weighted by Crippen LogP contribution is -2.42. The summed E-state index contributed by atoms with van der Waals surface area (Å²) < 4.78 is 39.2. The molecular formula is C27H31ClN2O5S. The van der Waals surface area contributed by atoms with Crippen LogP contribution in [0.1, 0.15) is 36.1 Å². The van der Waals surface area contributed by atoms with Crippen LogP contribution < -0.4 is 19.1 Å². The molecule has 9 heteroatoms. The highest BCUT2D eigenvalue weighted by Gasteiger charge is 2.29. The monoisotopic (exact) mass is 530 g/mol. The predicted molar refractivity (Wildman–Crippen MR) is 143 cm³/mol. The minimum atomic E-state index is -4.05. The zero-order valence-electron chi connectivity index (χ0n) is 21.0. The number of carbonyl (C=O) groups excluding carboxylic acids is 1. The number of rotatable bonds is 10. The van der Waals surface area contributed by atoms with E-state index in [4.69, 9.17) is 21.1 Å². The molecule has 0 radical (unpaired) electrons. The first-order valence-corrected chi connectivity index (χ1v) is 13.3. The van der Waals surface area contributed by atoms with E-state index in [0.717, 1.165) is 15.4 Å². The Balaban J connectivity index is 1.95. The lowest BCUT2D eigenvalue weighted by Gasteiger charge is -2.27. The number of aryl methyl sites for hydroxylation is 2. The van der Waals surface area contributed by atoms with Gasteiger partial charge in [-0.15, -0.1) is 0 Å². The van der Waals surface area contributed by atoms with E-state index in [1.165, 1.54) is 12.1 Å². The molecule has 3 aromatic rings. The molecule has 0 heterocycles. The Bertz CT molecular complexity index is 1330. The number of hydrogen-bond acceptors (Lipinski definition) is 5. The van der Waals surface area contributed by atoms with Gasteiger partial charge in [0.1, 0.15) is 6.54 Å². The number of amides is 1. The Kier molecular flexibility index (Phi) is 8.87. The van der Waals surface area contributed by atoms with Crippen LogP contribution in [0, 0.1) is 13.8 Å². The standard InChI is InChI=1S/C27H31ClN2O5S/c1-6-23(20-10-14-25(34-4)26(15-20)35-5)29-27(31)17-30(24-16-21(28)11-9-19(24)3)36(32,33)22-12-7-18(2)8-13-22/h7-16,23H,6,17H2,1-5H3,(H,29,31). The normalized spacial score (nSPS) is 12.1. The molecule has 0 fully saturated rings. The molecule has 0 aliphatic heterocycles. The van der Waals surface area contributed by atoms with E-state index < -0.39 is 22.5 Å². The summed E-state index contributed by atoms with van der Waals surface area (Å²) >= 11 is 6.21. The average molecular weight is 531 g/mol. The van der Waals surface area contributed by atoms with E-state index in [-0.39, 0.29) is 10.9 Å². The van der Waals surface area contributed by atoms with Gasteiger partial charge in [-0.25, -0.2) is 8.42 Å². The first-order chi connectivity index (χ1) is 17.1. The molecule has 3 rings (SSSR count). The zero-order chi connectivity index (χ0) is 26.5. The topological polar surface area (TPSA) is 84.9 Å². The molecule has 0 saturated heterocycles. The minimum Gasteiger partial charge on any atom is -0.493 e. The van der Waals surface area contributed by atoms with Crippen molar-refractivity contribution in [2.24, 2.45) is 0 Å². The highest BCUT2D eigenvalue weighted by molar-refractivity contribution is 7.92. The molecule has 1 amide bonds. The third kappa shape index (κ3) is 6.12. The molecule has 1 unspecified atom stereocenters. The van der Waals surface area contributed by atoms with E-state index in [0.29, 0.717) is 34.2 Å². The van der Waals surface area contributed by atoms with Gasteiger partial charge in [0, 0.05) is 5.02 Å². The fraction of sp³-hybridized carbons (Fsp3) is 0.296. The molecule has 1 atom stereocenters. The van der Waals surface area contributed by atoms with Gasteiger partial charge in [-0.1, -0.05) is 48.4 Å². The van der Waals surface area contributed by atoms with Gasteiger partial charge >= 0.3 is 0 Å². The van der Waals surface area contributed by atoms with Crippen LogP contribution in [0.25, 0.3) is 0 Å². The van der Waals surface area contributed by atoms with Crippen LogP contribution >= 0.6 is 11.6 Å². The van der Waals surface area contributed by atoms with Crippen LogP contribution in [-0.4, -0.2) is 35.1 Å². The summed E-state index contributed by atoms with van der Waals surface area (Å²) in [5.74, 6) is 0.668. The lowest BCUT2D eigenvalue weighted by atomic mass is 10.0. The van der Waals surface area contributed by atoms with E-state index in [1.54, 1.807) is 63.6 Å². The number of hydrogen-bond donors (Lipinski definition) is 1. The van der Waals surface area contributed by atoms with Crippen molar-refractivity contribution < 1.29 is 22.7 Å². The van der Waals surface area contributed by atoms with Gasteiger partial charge in [0.2, 0.25) is 5.91 Å². The number of sulfonamides is 1. The number of nitrogens with zero attached hydrogens (tertiary/aromatic N) is 1. The van der Waals surface area contributed by atoms with Crippen molar-refractivity contribution in [2.45, 2.75) is 38.1 Å². The van der Waals surface area contributed by atoms with Crippen LogP contribution in [0.15, 0.2) is 65.6 Å². The number of nitrogens with one attached hydrogen (secondary N) is 1. The highest BCUT2D eigenvalue weighted by Crippen LogP contribution is 2.32. The minimum absolute atomic E-state index is 0.0900. The van der Waals surface area contributed by atoms with Crippen molar-refractivity contribution >= 4 is 33.2 Å². The maximum atomic E-state index is 13.7. The molecule has 36 heavy (non-hydrogen) atoms. The molecule has 192 valence electrons. The van der Waals surface area contributed by atoms with Crippen LogP contribution in [0.5, 0.6) is 11.5 Å². The summed E-state index contributed by atoms with van der Waals surface area (Å²) in [7, 11) is -0.958. The lowest BCUT2D eigenvalue weighted by molar-refractivity contribution is -0.120. The Morgan fingerprint density at radius 2 is 1.64 bits per heavy atom. The molecule has 0 spiro atoms. The number of halogens is 1. The Labute approximate surface area is 218 Å². The molecule has 0 aromatic heterocycles. The van der Waals surface area contributed by atoms with Crippen molar-refractivity contribution in [3.8, 4) is 11.5 Å². The quantitative estimate of drug-likeness (QED) is 0.377. The van der Waals surface area contributed by atoms with Crippen molar-refractivity contribution in [1.82, 2.24) is 5.32 Å². The number of methoxy groups -OCH3 is 2. The van der Waals surface area contributed by atoms with Gasteiger partial charge in [-0.3, -0.25) is 9.10 Å². The Hall–Kier alpha value is -3.23. The van der Waals surface area contributed by atoms with E-state index in [9.17, 15) is 13.2 Å². The van der Waals surface area contributed by atoms with Gasteiger partial charge in [0.05, 0.1) is 30.8 Å². The maximum Gasteiger partial charge on any atom is 0.264 e. The van der Waals surface area contributed by atoms with Gasteiger partial charge in [0.25, 0.3) is 10.0 Å². The highest BCUT2D eigenvalue weighted by atomic mass is 35.5. The Morgan fingerprint density at radius 3 is 2.25 bits per heavy atom. The summed E-state index contributed by atoms with van der Waals surface area (Å²) in [6.07, 6.45) is 0.585. The molecule has 0 bridgehead atoms. The summed E-state index contributed by atoms with van der Waals surface area (Å²) in [6.45, 7) is 5.17. The number of benzene rings is 3. The second-order valence-corrected chi connectivity index (χ2v) is 10.7. The molecule has 0 aliphatic rings. The number of anilines is 1. The average Bonchev–Trinajstić information content (AvgIpc) is 2.87. The van der Waals surface area contributed by atoms with Crippen molar-refractivity contribution in [3.63, 3.8) is 0 Å². The fourth-order valence-corrected chi connectivity index (χ4v) is 5.49. The Morgan fingerprint density at radius 1 is 0.972 bits per heavy atom. The van der Waals surface area contributed by atoms with Crippen molar-refractivity contribution in [2.75, 3.05) is 25.1 Å². The smallest absolute Gasteiger partial charge is 0.264 e. The SMILES string of the molecule is CCC(NC(=O)CN(c1cc(Cl)ccc1C)S(=O)(=O)c1ccc(C)cc1)c1ccc(OC)c(OC)c1. The molecule has 0 saturated carbocycles. The molecule has 3 aromatic carbocycles. The summed E-state index contributed by atoms with van der Waals surface area (Å²) in [5.41, 5.74) is 2.76. The molecule has 0 aliphatic carbocycles. The van der Waals surface area contributed by atoms with Crippen molar-refractivity contribution in [3.05, 3.63) is 82.4 Å². The predicted octanol–water partition coefficient (Wildman–Crippen LogP) is 5.44. The van der Waals surface area contributed by atoms with Gasteiger partial charge in [-0.05, 0) is 67.8 Å². The van der Waals surface area contributed by atoms with E-state index >= 15 is 0 Å². The second kappa shape index (κ2) is 11.7. The summed E-state index contributed by atoms with van der Waals surface area (Å²) in [5, 5.41) is 3.34. The van der Waals surface area contributed by atoms with Crippen LogP contribution in [0.2, 0.25) is 5.02 Å². The first-order valence-electron chi connectivity index (χ1n) is 11.5. The third-order valence-electron chi connectivity index (χ3n) is 5.89. The van der Waals surface area contributed by atoms with E-state index in [2.05, 4.69) is 5.32 Å². The summed E-state index contributed by atoms with van der Waals surface area (Å²) in [6, 6.07) is 16.5. The van der Waals surface area contributed by atoms with Gasteiger partial charge in [0.15, 0.2) is 11.5 Å². The first kappa shape index (κ1) is 27.4. The second-order valence-electron chi connectivity index (χ2n) is 8.40. The summed E-state index contributed by atoms with van der Waals surface area (Å²) in [4.78, 5) is 13.4. The molecular weight excluding hydrogens is 500 g/mol. The maximum absolute atomic E-state index is 13.7. The van der Waals surface area contributed by atoms with Crippen LogP contribution in [0.3, 0.4) is 0 Å². The number of ether oxygens (including phenoxy) is 2. The van der Waals surface area contributed by atoms with Crippen LogP contribution in [0.4, 0.5) is 5.69 Å². The fourth-order valence-electron chi connectivity index (χ4n) is 3.85.